The molecule has 0 bridgehead atoms. The van der Waals surface area contributed by atoms with Gasteiger partial charge < -0.3 is 9.47 Å². The van der Waals surface area contributed by atoms with Gasteiger partial charge in [-0.3, -0.25) is 4.68 Å². The molecule has 0 aromatic carbocycles. The first-order valence-corrected chi connectivity index (χ1v) is 9.57. The molecule has 0 spiro atoms. The standard InChI is InChI=1S/C15H25N3O4S/c1-5-21-13-7-6-12-14(13)22-9-8-18(12)23(19,20)15-10(2)16-17(4)11(15)3/h12-14H,5-9H2,1-4H3/t12-,13+,14+/m1/s1. The summed E-state index contributed by atoms with van der Waals surface area (Å²) >= 11 is 0. The molecule has 3 rings (SSSR count). The third-order valence-corrected chi connectivity index (χ3v) is 7.05. The van der Waals surface area contributed by atoms with Gasteiger partial charge in [0.1, 0.15) is 11.0 Å². The van der Waals surface area contributed by atoms with Crippen molar-refractivity contribution in [3.63, 3.8) is 0 Å². The van der Waals surface area contributed by atoms with Gasteiger partial charge in [0.2, 0.25) is 10.0 Å². The molecule has 0 N–H and O–H groups in total. The fourth-order valence-corrected chi connectivity index (χ4v) is 5.87. The van der Waals surface area contributed by atoms with Crippen LogP contribution in [0.4, 0.5) is 0 Å². The SMILES string of the molecule is CCO[C@H]1CC[C@@H]2[C@@H]1OCCN2S(=O)(=O)c1c(C)nn(C)c1C. The average molecular weight is 343 g/mol. The zero-order valence-electron chi connectivity index (χ0n) is 14.2. The Morgan fingerprint density at radius 3 is 2.70 bits per heavy atom. The Kier molecular flexibility index (Phi) is 4.52. The van der Waals surface area contributed by atoms with Crippen LogP contribution in [0.15, 0.2) is 4.90 Å². The Labute approximate surface area is 137 Å². The first-order chi connectivity index (χ1) is 10.9. The summed E-state index contributed by atoms with van der Waals surface area (Å²) in [4.78, 5) is 0.334. The molecule has 1 aromatic rings. The number of hydrogen-bond donors (Lipinski definition) is 0. The molecular weight excluding hydrogens is 318 g/mol. The number of nitrogens with zero attached hydrogens (tertiary/aromatic N) is 3. The molecule has 3 atom stereocenters. The van der Waals surface area contributed by atoms with Crippen LogP contribution < -0.4 is 0 Å². The van der Waals surface area contributed by atoms with E-state index in [4.69, 9.17) is 9.47 Å². The molecule has 1 saturated carbocycles. The molecule has 130 valence electrons. The first kappa shape index (κ1) is 16.9. The number of hydrogen-bond acceptors (Lipinski definition) is 5. The molecular formula is C15H25N3O4S. The summed E-state index contributed by atoms with van der Waals surface area (Å²) in [7, 11) is -1.81. The van der Waals surface area contributed by atoms with E-state index in [0.717, 1.165) is 12.8 Å². The van der Waals surface area contributed by atoms with E-state index in [1.54, 1.807) is 29.9 Å². The lowest BCUT2D eigenvalue weighted by Gasteiger charge is -2.38. The van der Waals surface area contributed by atoms with E-state index in [1.165, 1.54) is 0 Å². The second kappa shape index (κ2) is 6.16. The Morgan fingerprint density at radius 2 is 2.09 bits per heavy atom. The number of fused-ring (bicyclic) bond motifs is 1. The van der Waals surface area contributed by atoms with Crippen LogP contribution in [0.3, 0.4) is 0 Å². The minimum absolute atomic E-state index is 0.0147. The van der Waals surface area contributed by atoms with Gasteiger partial charge >= 0.3 is 0 Å². The van der Waals surface area contributed by atoms with Crippen LogP contribution in [0.1, 0.15) is 31.2 Å². The van der Waals surface area contributed by atoms with Gasteiger partial charge in [-0.15, -0.1) is 0 Å². The highest BCUT2D eigenvalue weighted by Gasteiger charge is 2.48. The molecule has 2 heterocycles. The van der Waals surface area contributed by atoms with E-state index in [2.05, 4.69) is 5.10 Å². The minimum atomic E-state index is -3.58. The maximum Gasteiger partial charge on any atom is 0.247 e. The Hall–Kier alpha value is -0.960. The van der Waals surface area contributed by atoms with Gasteiger partial charge in [-0.2, -0.15) is 9.40 Å². The van der Waals surface area contributed by atoms with E-state index in [-0.39, 0.29) is 18.2 Å². The minimum Gasteiger partial charge on any atom is -0.376 e. The summed E-state index contributed by atoms with van der Waals surface area (Å²) in [6, 6.07) is -0.149. The summed E-state index contributed by atoms with van der Waals surface area (Å²) < 4.78 is 41.3. The number of sulfonamides is 1. The lowest BCUT2D eigenvalue weighted by Crippen LogP contribution is -2.53. The van der Waals surface area contributed by atoms with Crippen molar-refractivity contribution in [3.8, 4) is 0 Å². The number of ether oxygens (including phenoxy) is 2. The summed E-state index contributed by atoms with van der Waals surface area (Å²) in [5, 5.41) is 4.26. The second-order valence-electron chi connectivity index (χ2n) is 6.21. The lowest BCUT2D eigenvalue weighted by molar-refractivity contribution is -0.0938. The van der Waals surface area contributed by atoms with Crippen molar-refractivity contribution in [3.05, 3.63) is 11.4 Å². The van der Waals surface area contributed by atoms with Crippen LogP contribution in [0, 0.1) is 13.8 Å². The molecule has 0 unspecified atom stereocenters. The third kappa shape index (κ3) is 2.71. The summed E-state index contributed by atoms with van der Waals surface area (Å²) in [6.07, 6.45) is 1.42. The van der Waals surface area contributed by atoms with Crippen LogP contribution in [-0.4, -0.2) is 60.5 Å². The fourth-order valence-electron chi connectivity index (χ4n) is 3.82. The Morgan fingerprint density at radius 1 is 1.35 bits per heavy atom. The number of aryl methyl sites for hydroxylation is 2. The topological polar surface area (TPSA) is 73.7 Å². The monoisotopic (exact) mass is 343 g/mol. The van der Waals surface area contributed by atoms with Gasteiger partial charge in [0.25, 0.3) is 0 Å². The molecule has 23 heavy (non-hydrogen) atoms. The summed E-state index contributed by atoms with van der Waals surface area (Å²) in [6.45, 7) is 6.90. The first-order valence-electron chi connectivity index (χ1n) is 8.13. The predicted octanol–water partition coefficient (Wildman–Crippen LogP) is 0.994. The van der Waals surface area contributed by atoms with E-state index in [0.29, 0.717) is 36.0 Å². The maximum atomic E-state index is 13.2. The van der Waals surface area contributed by atoms with Crippen molar-refractivity contribution in [2.45, 2.75) is 56.8 Å². The molecule has 1 aliphatic heterocycles. The molecule has 1 aromatic heterocycles. The highest BCUT2D eigenvalue weighted by Crippen LogP contribution is 2.36. The summed E-state index contributed by atoms with van der Waals surface area (Å²) in [5.74, 6) is 0. The van der Waals surface area contributed by atoms with Crippen LogP contribution >= 0.6 is 0 Å². The molecule has 2 fully saturated rings. The Bertz CT molecular complexity index is 685. The lowest BCUT2D eigenvalue weighted by atomic mass is 10.1. The largest absolute Gasteiger partial charge is 0.376 e. The van der Waals surface area contributed by atoms with Gasteiger partial charge in [0.15, 0.2) is 0 Å². The zero-order chi connectivity index (χ0) is 16.8. The third-order valence-electron chi connectivity index (χ3n) is 4.87. The number of rotatable bonds is 4. The molecule has 1 aliphatic carbocycles. The fraction of sp³-hybridized carbons (Fsp3) is 0.800. The van der Waals surface area contributed by atoms with Crippen molar-refractivity contribution in [2.75, 3.05) is 19.8 Å². The van der Waals surface area contributed by atoms with Gasteiger partial charge in [0.05, 0.1) is 30.1 Å². The van der Waals surface area contributed by atoms with Gasteiger partial charge in [-0.1, -0.05) is 0 Å². The quantitative estimate of drug-likeness (QED) is 0.815. The Balaban J connectivity index is 1.94. The van der Waals surface area contributed by atoms with Crippen LogP contribution in [-0.2, 0) is 26.5 Å². The molecule has 1 saturated heterocycles. The average Bonchev–Trinajstić information content (AvgIpc) is 3.01. The van der Waals surface area contributed by atoms with Gasteiger partial charge in [0, 0.05) is 20.2 Å². The molecule has 0 amide bonds. The van der Waals surface area contributed by atoms with Crippen molar-refractivity contribution < 1.29 is 17.9 Å². The van der Waals surface area contributed by atoms with Crippen molar-refractivity contribution in [1.29, 1.82) is 0 Å². The van der Waals surface area contributed by atoms with Crippen LogP contribution in [0.2, 0.25) is 0 Å². The highest BCUT2D eigenvalue weighted by atomic mass is 32.2. The highest BCUT2D eigenvalue weighted by molar-refractivity contribution is 7.89. The van der Waals surface area contributed by atoms with E-state index < -0.39 is 10.0 Å². The van der Waals surface area contributed by atoms with Crippen LogP contribution in [0.5, 0.6) is 0 Å². The maximum absolute atomic E-state index is 13.2. The number of aromatic nitrogens is 2. The number of morpholine rings is 1. The normalized spacial score (nSPS) is 29.0. The van der Waals surface area contributed by atoms with E-state index in [1.807, 2.05) is 6.92 Å². The van der Waals surface area contributed by atoms with Crippen molar-refractivity contribution in [2.24, 2.45) is 7.05 Å². The van der Waals surface area contributed by atoms with Crippen molar-refractivity contribution in [1.82, 2.24) is 14.1 Å². The predicted molar refractivity (Wildman–Crippen MR) is 84.7 cm³/mol. The molecule has 8 heteroatoms. The summed E-state index contributed by atoms with van der Waals surface area (Å²) in [5.41, 5.74) is 1.22. The zero-order valence-corrected chi connectivity index (χ0v) is 15.0. The molecule has 0 radical (unpaired) electrons. The van der Waals surface area contributed by atoms with E-state index in [9.17, 15) is 8.42 Å². The second-order valence-corrected chi connectivity index (χ2v) is 8.04. The van der Waals surface area contributed by atoms with Gasteiger partial charge in [-0.25, -0.2) is 8.42 Å². The molecule has 2 aliphatic rings. The molecule has 7 nitrogen and oxygen atoms in total. The van der Waals surface area contributed by atoms with E-state index >= 15 is 0 Å². The van der Waals surface area contributed by atoms with Crippen molar-refractivity contribution >= 4 is 10.0 Å². The van der Waals surface area contributed by atoms with Crippen LogP contribution in [0.25, 0.3) is 0 Å². The smallest absolute Gasteiger partial charge is 0.247 e. The van der Waals surface area contributed by atoms with Gasteiger partial charge in [-0.05, 0) is 33.6 Å².